The van der Waals surface area contributed by atoms with Crippen molar-refractivity contribution in [2.24, 2.45) is 0 Å². The molecule has 2 amide bonds. The highest BCUT2D eigenvalue weighted by Crippen LogP contribution is 2.35. The van der Waals surface area contributed by atoms with Gasteiger partial charge in [-0.15, -0.1) is 0 Å². The topological polar surface area (TPSA) is 116 Å². The molecule has 2 aromatic rings. The van der Waals surface area contributed by atoms with Gasteiger partial charge in [-0.1, -0.05) is 6.07 Å². The number of imide groups is 1. The Morgan fingerprint density at radius 2 is 1.79 bits per heavy atom. The van der Waals surface area contributed by atoms with E-state index >= 15 is 0 Å². The van der Waals surface area contributed by atoms with Crippen LogP contribution in [0.25, 0.3) is 6.08 Å². The van der Waals surface area contributed by atoms with Gasteiger partial charge >= 0.3 is 16.1 Å². The Kier molecular flexibility index (Phi) is 7.62. The zero-order valence-electron chi connectivity index (χ0n) is 18.3. The van der Waals surface area contributed by atoms with E-state index in [-0.39, 0.29) is 27.4 Å². The van der Waals surface area contributed by atoms with Gasteiger partial charge in [0.15, 0.2) is 11.5 Å². The molecule has 180 valence electrons. The first kappa shape index (κ1) is 25.2. The standard InChI is InChI=1S/C22H20FNO8S2/c1-13(2)31-20(25)12-24-21(26)19(33-22(24)27)11-14-4-9-17(18(10-14)30-3)32-34(28,29)16-7-5-15(23)6-8-16/h4-11,13H,12H2,1-3H3/b19-11-. The van der Waals surface area contributed by atoms with Gasteiger partial charge in [0.1, 0.15) is 17.3 Å². The highest BCUT2D eigenvalue weighted by Gasteiger charge is 2.36. The number of carbonyl (C=O) groups is 3. The third-order valence-corrected chi connectivity index (χ3v) is 6.47. The van der Waals surface area contributed by atoms with Gasteiger partial charge in [-0.3, -0.25) is 19.3 Å². The Labute approximate surface area is 199 Å². The molecule has 1 heterocycles. The van der Waals surface area contributed by atoms with Gasteiger partial charge in [-0.25, -0.2) is 4.39 Å². The van der Waals surface area contributed by atoms with E-state index in [4.69, 9.17) is 13.7 Å². The number of hydrogen-bond acceptors (Lipinski definition) is 9. The summed E-state index contributed by atoms with van der Waals surface area (Å²) in [7, 11) is -2.96. The third-order valence-electron chi connectivity index (χ3n) is 4.32. The van der Waals surface area contributed by atoms with Gasteiger partial charge in [0.25, 0.3) is 11.1 Å². The zero-order chi connectivity index (χ0) is 25.0. The van der Waals surface area contributed by atoms with Crippen molar-refractivity contribution in [3.05, 3.63) is 58.8 Å². The molecule has 0 unspecified atom stereocenters. The lowest BCUT2D eigenvalue weighted by Crippen LogP contribution is -2.35. The zero-order valence-corrected chi connectivity index (χ0v) is 19.9. The number of carbonyl (C=O) groups excluding carboxylic acids is 3. The number of ether oxygens (including phenoxy) is 2. The van der Waals surface area contributed by atoms with Crippen molar-refractivity contribution in [3.63, 3.8) is 0 Å². The van der Waals surface area contributed by atoms with Crippen LogP contribution in [0, 0.1) is 5.82 Å². The van der Waals surface area contributed by atoms with E-state index in [9.17, 15) is 27.2 Å². The van der Waals surface area contributed by atoms with Crippen molar-refractivity contribution in [2.45, 2.75) is 24.8 Å². The molecule has 0 N–H and O–H groups in total. The Bertz CT molecular complexity index is 1260. The van der Waals surface area contributed by atoms with Crippen LogP contribution in [-0.4, -0.2) is 50.2 Å². The molecule has 1 aliphatic heterocycles. The molecule has 0 aromatic heterocycles. The second-order valence-corrected chi connectivity index (χ2v) is 9.75. The number of thioether (sulfide) groups is 1. The van der Waals surface area contributed by atoms with Gasteiger partial charge < -0.3 is 13.7 Å². The largest absolute Gasteiger partial charge is 0.493 e. The van der Waals surface area contributed by atoms with Crippen LogP contribution in [0.4, 0.5) is 9.18 Å². The maximum Gasteiger partial charge on any atom is 0.339 e. The Morgan fingerprint density at radius 1 is 1.12 bits per heavy atom. The number of benzene rings is 2. The molecular weight excluding hydrogens is 489 g/mol. The second kappa shape index (κ2) is 10.3. The molecule has 34 heavy (non-hydrogen) atoms. The van der Waals surface area contributed by atoms with Crippen molar-refractivity contribution in [3.8, 4) is 11.5 Å². The van der Waals surface area contributed by atoms with Crippen LogP contribution in [0.5, 0.6) is 11.5 Å². The smallest absolute Gasteiger partial charge is 0.339 e. The number of hydrogen-bond donors (Lipinski definition) is 0. The van der Waals surface area contributed by atoms with Crippen LogP contribution in [0.2, 0.25) is 0 Å². The summed E-state index contributed by atoms with van der Waals surface area (Å²) < 4.78 is 53.3. The molecule has 0 atom stereocenters. The SMILES string of the molecule is COc1cc(/C=C2\SC(=O)N(CC(=O)OC(C)C)C2=O)ccc1OS(=O)(=O)c1ccc(F)cc1. The molecule has 12 heteroatoms. The summed E-state index contributed by atoms with van der Waals surface area (Å²) in [5, 5.41) is -0.616. The van der Waals surface area contributed by atoms with Crippen LogP contribution in [-0.2, 0) is 24.4 Å². The molecule has 0 bridgehead atoms. The minimum Gasteiger partial charge on any atom is -0.493 e. The Balaban J connectivity index is 1.80. The lowest BCUT2D eigenvalue weighted by molar-refractivity contribution is -0.149. The van der Waals surface area contributed by atoms with Gasteiger partial charge in [-0.05, 0) is 73.6 Å². The van der Waals surface area contributed by atoms with E-state index in [1.807, 2.05) is 0 Å². The number of rotatable bonds is 8. The number of amides is 2. The number of methoxy groups -OCH3 is 1. The summed E-state index contributed by atoms with van der Waals surface area (Å²) in [5.41, 5.74) is 0.415. The molecule has 1 saturated heterocycles. The summed E-state index contributed by atoms with van der Waals surface area (Å²) in [4.78, 5) is 37.2. The van der Waals surface area contributed by atoms with E-state index < -0.39 is 39.6 Å². The van der Waals surface area contributed by atoms with Crippen LogP contribution in [0.15, 0.2) is 52.3 Å². The molecule has 0 saturated carbocycles. The Morgan fingerprint density at radius 3 is 2.41 bits per heavy atom. The molecule has 0 aliphatic carbocycles. The molecule has 1 fully saturated rings. The molecule has 3 rings (SSSR count). The van der Waals surface area contributed by atoms with Crippen molar-refractivity contribution in [1.29, 1.82) is 0 Å². The van der Waals surface area contributed by atoms with Crippen LogP contribution in [0.1, 0.15) is 19.4 Å². The van der Waals surface area contributed by atoms with Gasteiger partial charge in [0.05, 0.1) is 18.1 Å². The first-order chi connectivity index (χ1) is 16.0. The van der Waals surface area contributed by atoms with Gasteiger partial charge in [0.2, 0.25) is 0 Å². The van der Waals surface area contributed by atoms with Gasteiger partial charge in [0, 0.05) is 0 Å². The minimum atomic E-state index is -4.26. The molecule has 9 nitrogen and oxygen atoms in total. The Hall–Kier alpha value is -3.38. The van der Waals surface area contributed by atoms with E-state index in [0.29, 0.717) is 17.3 Å². The quantitative estimate of drug-likeness (QED) is 0.299. The second-order valence-electron chi connectivity index (χ2n) is 7.21. The summed E-state index contributed by atoms with van der Waals surface area (Å²) >= 11 is 0.656. The summed E-state index contributed by atoms with van der Waals surface area (Å²) in [6, 6.07) is 8.31. The summed E-state index contributed by atoms with van der Waals surface area (Å²) in [5.74, 6) is -2.05. The fourth-order valence-corrected chi connectivity index (χ4v) is 4.61. The molecular formula is C22H20FNO8S2. The van der Waals surface area contributed by atoms with Crippen LogP contribution >= 0.6 is 11.8 Å². The summed E-state index contributed by atoms with van der Waals surface area (Å²) in [6.07, 6.45) is 1.02. The van der Waals surface area contributed by atoms with Crippen molar-refractivity contribution in [2.75, 3.05) is 13.7 Å². The predicted molar refractivity (Wildman–Crippen MR) is 121 cm³/mol. The highest BCUT2D eigenvalue weighted by molar-refractivity contribution is 8.18. The maximum absolute atomic E-state index is 13.1. The molecule has 0 radical (unpaired) electrons. The molecule has 1 aliphatic rings. The molecule has 0 spiro atoms. The third kappa shape index (κ3) is 5.94. The average molecular weight is 510 g/mol. The fourth-order valence-electron chi connectivity index (χ4n) is 2.83. The van der Waals surface area contributed by atoms with E-state index in [2.05, 4.69) is 0 Å². The van der Waals surface area contributed by atoms with Crippen LogP contribution < -0.4 is 8.92 Å². The first-order valence-corrected chi connectivity index (χ1v) is 12.1. The number of nitrogens with zero attached hydrogens (tertiary/aromatic N) is 1. The highest BCUT2D eigenvalue weighted by atomic mass is 32.2. The molecule has 2 aromatic carbocycles. The van der Waals surface area contributed by atoms with Gasteiger partial charge in [-0.2, -0.15) is 8.42 Å². The monoisotopic (exact) mass is 509 g/mol. The maximum atomic E-state index is 13.1. The number of halogens is 1. The van der Waals surface area contributed by atoms with Crippen LogP contribution in [0.3, 0.4) is 0 Å². The normalized spacial score (nSPS) is 15.2. The fraction of sp³-hybridized carbons (Fsp3) is 0.227. The lowest BCUT2D eigenvalue weighted by Gasteiger charge is -2.13. The first-order valence-electron chi connectivity index (χ1n) is 9.83. The lowest BCUT2D eigenvalue weighted by atomic mass is 10.2. The summed E-state index contributed by atoms with van der Waals surface area (Å²) in [6.45, 7) is 2.80. The van der Waals surface area contributed by atoms with Crippen molar-refractivity contribution >= 4 is 45.1 Å². The minimum absolute atomic E-state index is 0.0409. The van der Waals surface area contributed by atoms with E-state index in [1.165, 1.54) is 31.4 Å². The van der Waals surface area contributed by atoms with E-state index in [0.717, 1.165) is 29.2 Å². The number of esters is 1. The average Bonchev–Trinajstić information content (AvgIpc) is 3.01. The van der Waals surface area contributed by atoms with Crippen molar-refractivity contribution < 1.29 is 40.8 Å². The van der Waals surface area contributed by atoms with E-state index in [1.54, 1.807) is 13.8 Å². The predicted octanol–water partition coefficient (Wildman–Crippen LogP) is 3.59. The van der Waals surface area contributed by atoms with Crippen molar-refractivity contribution in [1.82, 2.24) is 4.90 Å².